The molecule has 0 fully saturated rings. The van der Waals surface area contributed by atoms with Crippen LogP contribution in [0.3, 0.4) is 0 Å². The molecule has 0 bridgehead atoms. The molecule has 142 valence electrons. The van der Waals surface area contributed by atoms with Crippen LogP contribution in [0.2, 0.25) is 0 Å². The number of amides is 1. The number of carbonyl (C=O) groups is 1. The summed E-state index contributed by atoms with van der Waals surface area (Å²) in [7, 11) is 0. The summed E-state index contributed by atoms with van der Waals surface area (Å²) in [5.41, 5.74) is 14.9. The Balaban J connectivity index is 1.97. The van der Waals surface area contributed by atoms with Crippen LogP contribution in [0.4, 0.5) is 5.82 Å². The second-order valence-corrected chi connectivity index (χ2v) is 6.35. The zero-order valence-corrected chi connectivity index (χ0v) is 15.4. The van der Waals surface area contributed by atoms with Crippen molar-refractivity contribution in [3.05, 3.63) is 71.3 Å². The van der Waals surface area contributed by atoms with Gasteiger partial charge < -0.3 is 16.6 Å². The summed E-state index contributed by atoms with van der Waals surface area (Å²) in [6, 6.07) is 8.44. The van der Waals surface area contributed by atoms with Gasteiger partial charge in [-0.3, -0.25) is 14.3 Å². The number of pyridine rings is 1. The predicted octanol–water partition coefficient (Wildman–Crippen LogP) is 1.91. The number of carbonyl (C=O) groups excluding carboxylic acids is 1. The quantitative estimate of drug-likeness (QED) is 0.452. The molecule has 4 rings (SSSR count). The maximum Gasteiger partial charge on any atom is 0.254 e. The molecule has 29 heavy (non-hydrogen) atoms. The van der Waals surface area contributed by atoms with Gasteiger partial charge in [0.1, 0.15) is 28.3 Å². The molecule has 0 atom stereocenters. The van der Waals surface area contributed by atoms with Gasteiger partial charge in [-0.05, 0) is 36.6 Å². The molecule has 0 saturated heterocycles. The molecular formula is C21H16N6O2. The number of benzene rings is 1. The van der Waals surface area contributed by atoms with Gasteiger partial charge in [-0.2, -0.15) is 0 Å². The summed E-state index contributed by atoms with van der Waals surface area (Å²) < 4.78 is 1.55. The number of aryl methyl sites for hydroxylation is 1. The smallest absolute Gasteiger partial charge is 0.254 e. The molecule has 4 aromatic rings. The number of anilines is 1. The number of nitrogens with two attached hydrogens (primary N) is 2. The molecule has 0 aliphatic heterocycles. The van der Waals surface area contributed by atoms with E-state index in [1.807, 2.05) is 13.0 Å². The van der Waals surface area contributed by atoms with E-state index in [4.69, 9.17) is 11.5 Å². The summed E-state index contributed by atoms with van der Waals surface area (Å²) in [5, 5.41) is 9.93. The molecule has 8 nitrogen and oxygen atoms in total. The van der Waals surface area contributed by atoms with E-state index in [1.165, 1.54) is 12.3 Å². The standard InChI is InChI=1S/C21H16N6O2/c1-12-4-7-15(28)9-16(12)27-19(22)17(20(23)29)18-21(27)26-14(11-25-18)6-5-13-3-2-8-24-10-13/h2-4,7-11,28H,22H2,1H3,(H2,23,29). The number of fused-ring (bicyclic) bond motifs is 1. The van der Waals surface area contributed by atoms with Crippen molar-refractivity contribution in [1.82, 2.24) is 19.5 Å². The highest BCUT2D eigenvalue weighted by atomic mass is 16.3. The highest BCUT2D eigenvalue weighted by molar-refractivity contribution is 6.09. The van der Waals surface area contributed by atoms with Crippen LogP contribution >= 0.6 is 0 Å². The number of aromatic hydroxyl groups is 1. The molecule has 0 spiro atoms. The number of nitrogens with zero attached hydrogens (tertiary/aromatic N) is 4. The fourth-order valence-corrected chi connectivity index (χ4v) is 3.02. The number of nitrogen functional groups attached to an aromatic ring is 1. The Morgan fingerprint density at radius 1 is 1.21 bits per heavy atom. The Bertz CT molecular complexity index is 1320. The largest absolute Gasteiger partial charge is 0.508 e. The lowest BCUT2D eigenvalue weighted by atomic mass is 10.2. The third-order valence-electron chi connectivity index (χ3n) is 4.38. The molecule has 1 amide bonds. The van der Waals surface area contributed by atoms with Gasteiger partial charge in [0.15, 0.2) is 5.65 Å². The second kappa shape index (κ2) is 6.98. The summed E-state index contributed by atoms with van der Waals surface area (Å²) >= 11 is 0. The van der Waals surface area contributed by atoms with Crippen LogP contribution in [0, 0.1) is 18.8 Å². The third-order valence-corrected chi connectivity index (χ3v) is 4.38. The normalized spacial score (nSPS) is 10.5. The Morgan fingerprint density at radius 3 is 2.76 bits per heavy atom. The average molecular weight is 384 g/mol. The van der Waals surface area contributed by atoms with E-state index < -0.39 is 5.91 Å². The van der Waals surface area contributed by atoms with Crippen LogP contribution in [-0.2, 0) is 0 Å². The van der Waals surface area contributed by atoms with Gasteiger partial charge in [0, 0.05) is 24.0 Å². The molecule has 0 aliphatic carbocycles. The molecule has 5 N–H and O–H groups in total. The Kier molecular flexibility index (Phi) is 4.33. The van der Waals surface area contributed by atoms with Gasteiger partial charge in [0.05, 0.1) is 11.9 Å². The van der Waals surface area contributed by atoms with Crippen LogP contribution in [0.5, 0.6) is 5.75 Å². The summed E-state index contributed by atoms with van der Waals surface area (Å²) in [5.74, 6) is 5.32. The van der Waals surface area contributed by atoms with Gasteiger partial charge in [0.25, 0.3) is 5.91 Å². The Hall–Kier alpha value is -4.38. The van der Waals surface area contributed by atoms with Crippen LogP contribution in [0.1, 0.15) is 27.2 Å². The molecular weight excluding hydrogens is 368 g/mol. The van der Waals surface area contributed by atoms with Crippen LogP contribution in [0.15, 0.2) is 48.9 Å². The average Bonchev–Trinajstić information content (AvgIpc) is 3.00. The minimum Gasteiger partial charge on any atom is -0.508 e. The van der Waals surface area contributed by atoms with Crippen LogP contribution in [-0.4, -0.2) is 30.5 Å². The fraction of sp³-hybridized carbons (Fsp3) is 0.0476. The van der Waals surface area contributed by atoms with Gasteiger partial charge in [0.2, 0.25) is 0 Å². The van der Waals surface area contributed by atoms with Crippen molar-refractivity contribution in [2.24, 2.45) is 5.73 Å². The predicted molar refractivity (Wildman–Crippen MR) is 108 cm³/mol. The highest BCUT2D eigenvalue weighted by Crippen LogP contribution is 2.31. The minimum atomic E-state index is -0.715. The van der Waals surface area contributed by atoms with E-state index in [2.05, 4.69) is 26.8 Å². The molecule has 0 saturated carbocycles. The first kappa shape index (κ1) is 18.0. The first-order valence-corrected chi connectivity index (χ1v) is 8.64. The molecule has 0 radical (unpaired) electrons. The van der Waals surface area contributed by atoms with Crippen LogP contribution < -0.4 is 11.5 Å². The van der Waals surface area contributed by atoms with E-state index in [0.29, 0.717) is 17.0 Å². The maximum atomic E-state index is 12.0. The monoisotopic (exact) mass is 384 g/mol. The first-order chi connectivity index (χ1) is 14.0. The van der Waals surface area contributed by atoms with E-state index >= 15 is 0 Å². The Labute approximate surface area is 165 Å². The minimum absolute atomic E-state index is 0.0490. The van der Waals surface area contributed by atoms with Crippen molar-refractivity contribution < 1.29 is 9.90 Å². The van der Waals surface area contributed by atoms with Gasteiger partial charge in [-0.1, -0.05) is 12.0 Å². The van der Waals surface area contributed by atoms with E-state index in [0.717, 1.165) is 11.1 Å². The number of primary amides is 1. The summed E-state index contributed by atoms with van der Waals surface area (Å²) in [4.78, 5) is 24.9. The molecule has 3 aromatic heterocycles. The number of rotatable bonds is 2. The zero-order chi connectivity index (χ0) is 20.5. The van der Waals surface area contributed by atoms with E-state index in [-0.39, 0.29) is 22.6 Å². The fourth-order valence-electron chi connectivity index (χ4n) is 3.02. The van der Waals surface area contributed by atoms with Crippen LogP contribution in [0.25, 0.3) is 16.9 Å². The highest BCUT2D eigenvalue weighted by Gasteiger charge is 2.23. The van der Waals surface area contributed by atoms with Gasteiger partial charge in [-0.15, -0.1) is 0 Å². The number of aromatic nitrogens is 4. The Morgan fingerprint density at radius 2 is 2.03 bits per heavy atom. The lowest BCUT2D eigenvalue weighted by Gasteiger charge is -2.11. The SMILES string of the molecule is Cc1ccc(O)cc1-n1c(N)c(C(N)=O)c2ncc(C#Cc3cccnc3)nc21. The zero-order valence-electron chi connectivity index (χ0n) is 15.4. The van der Waals surface area contributed by atoms with Crippen molar-refractivity contribution >= 4 is 22.9 Å². The molecule has 1 aromatic carbocycles. The lowest BCUT2D eigenvalue weighted by molar-refractivity contribution is 0.100. The summed E-state index contributed by atoms with van der Waals surface area (Å²) in [6.07, 6.45) is 4.76. The van der Waals surface area contributed by atoms with Gasteiger partial charge in [-0.25, -0.2) is 9.97 Å². The molecule has 0 unspecified atom stereocenters. The number of hydrogen-bond acceptors (Lipinski definition) is 6. The summed E-state index contributed by atoms with van der Waals surface area (Å²) in [6.45, 7) is 1.85. The third kappa shape index (κ3) is 3.21. The number of hydrogen-bond donors (Lipinski definition) is 3. The second-order valence-electron chi connectivity index (χ2n) is 6.35. The topological polar surface area (TPSA) is 133 Å². The van der Waals surface area contributed by atoms with Crippen molar-refractivity contribution in [1.29, 1.82) is 0 Å². The van der Waals surface area contributed by atoms with Crippen molar-refractivity contribution in [2.45, 2.75) is 6.92 Å². The first-order valence-electron chi connectivity index (χ1n) is 8.64. The molecule has 8 heteroatoms. The molecule has 3 heterocycles. The molecule has 0 aliphatic rings. The maximum absolute atomic E-state index is 12.0. The van der Waals surface area contributed by atoms with Crippen molar-refractivity contribution in [3.8, 4) is 23.3 Å². The number of phenols is 1. The van der Waals surface area contributed by atoms with E-state index in [1.54, 1.807) is 35.2 Å². The number of phenolic OH excluding ortho intramolecular Hbond substituents is 1. The van der Waals surface area contributed by atoms with E-state index in [9.17, 15) is 9.90 Å². The van der Waals surface area contributed by atoms with Gasteiger partial charge >= 0.3 is 0 Å². The van der Waals surface area contributed by atoms with Crippen molar-refractivity contribution in [2.75, 3.05) is 5.73 Å². The van der Waals surface area contributed by atoms with Crippen molar-refractivity contribution in [3.63, 3.8) is 0 Å². The lowest BCUT2D eigenvalue weighted by Crippen LogP contribution is -2.14.